The highest BCUT2D eigenvalue weighted by Gasteiger charge is 2.11. The fraction of sp³-hybridized carbons (Fsp3) is 0.267. The van der Waals surface area contributed by atoms with Crippen LogP contribution in [0, 0.1) is 0 Å². The molecule has 0 radical (unpaired) electrons. The molecule has 0 aliphatic rings. The Labute approximate surface area is 129 Å². The van der Waals surface area contributed by atoms with E-state index in [2.05, 4.69) is 44.1 Å². The minimum atomic E-state index is -0.0175. The van der Waals surface area contributed by atoms with Crippen molar-refractivity contribution in [1.29, 1.82) is 0 Å². The number of amides is 1. The summed E-state index contributed by atoms with van der Waals surface area (Å²) >= 11 is 6.85. The summed E-state index contributed by atoms with van der Waals surface area (Å²) in [5, 5.41) is 5.98. The average molecular weight is 385 g/mol. The highest BCUT2D eigenvalue weighted by molar-refractivity contribution is 9.10. The molecule has 1 N–H and O–H groups in total. The molecule has 0 bridgehead atoms. The van der Waals surface area contributed by atoms with Crippen LogP contribution in [-0.4, -0.2) is 17.3 Å². The van der Waals surface area contributed by atoms with Crippen LogP contribution >= 0.6 is 31.9 Å². The van der Waals surface area contributed by atoms with Gasteiger partial charge in [0.1, 0.15) is 0 Å². The highest BCUT2D eigenvalue weighted by Crippen LogP contribution is 2.21. The van der Waals surface area contributed by atoms with Gasteiger partial charge < -0.3 is 5.32 Å². The summed E-state index contributed by atoms with van der Waals surface area (Å²) in [6.45, 7) is 2.06. The lowest BCUT2D eigenvalue weighted by molar-refractivity contribution is 0.0940. The quantitative estimate of drug-likeness (QED) is 0.772. The second-order valence-electron chi connectivity index (χ2n) is 4.44. The molecule has 4 heteroatoms. The minimum Gasteiger partial charge on any atom is -0.348 e. The number of carbonyl (C=O) groups excluding carboxylic acids is 1. The third-order valence-corrected chi connectivity index (χ3v) is 4.35. The zero-order valence-electron chi connectivity index (χ0n) is 10.6. The molecule has 0 aliphatic heterocycles. The van der Waals surface area contributed by atoms with Gasteiger partial charge >= 0.3 is 0 Å². The Kier molecular flexibility index (Phi) is 4.99. The number of rotatable bonds is 4. The van der Waals surface area contributed by atoms with Gasteiger partial charge in [0.25, 0.3) is 5.91 Å². The summed E-state index contributed by atoms with van der Waals surface area (Å²) in [5.41, 5.74) is 0.703. The third-order valence-electron chi connectivity index (χ3n) is 3.08. The van der Waals surface area contributed by atoms with Crippen LogP contribution in [0.2, 0.25) is 0 Å². The molecule has 100 valence electrons. The van der Waals surface area contributed by atoms with Crippen molar-refractivity contribution in [1.82, 2.24) is 5.32 Å². The highest BCUT2D eigenvalue weighted by atomic mass is 79.9. The van der Waals surface area contributed by atoms with E-state index in [1.807, 2.05) is 36.4 Å². The van der Waals surface area contributed by atoms with E-state index in [0.29, 0.717) is 5.56 Å². The zero-order valence-corrected chi connectivity index (χ0v) is 13.8. The molecule has 0 spiro atoms. The first-order valence-electron chi connectivity index (χ1n) is 6.20. The van der Waals surface area contributed by atoms with Crippen molar-refractivity contribution < 1.29 is 4.79 Å². The Hall–Kier alpha value is -0.870. The van der Waals surface area contributed by atoms with Crippen LogP contribution in [-0.2, 0) is 0 Å². The number of carbonyl (C=O) groups is 1. The number of nitrogens with one attached hydrogen (secondary N) is 1. The van der Waals surface area contributed by atoms with Gasteiger partial charge in [-0.3, -0.25) is 4.79 Å². The van der Waals surface area contributed by atoms with Gasteiger partial charge in [-0.05, 0) is 41.5 Å². The van der Waals surface area contributed by atoms with Crippen molar-refractivity contribution in [2.75, 3.05) is 5.33 Å². The summed E-state index contributed by atoms with van der Waals surface area (Å²) in [7, 11) is 0. The Morgan fingerprint density at radius 2 is 1.89 bits per heavy atom. The molecule has 0 aromatic heterocycles. The number of alkyl halides is 1. The van der Waals surface area contributed by atoms with E-state index in [1.54, 1.807) is 0 Å². The Balaban J connectivity index is 2.25. The molecule has 2 rings (SSSR count). The van der Waals surface area contributed by atoms with E-state index in [0.717, 1.165) is 27.0 Å². The van der Waals surface area contributed by atoms with Crippen molar-refractivity contribution >= 4 is 48.5 Å². The molecule has 1 unspecified atom stereocenters. The molecule has 2 aromatic rings. The fourth-order valence-electron chi connectivity index (χ4n) is 1.88. The topological polar surface area (TPSA) is 29.1 Å². The zero-order chi connectivity index (χ0) is 13.8. The molecule has 2 aromatic carbocycles. The van der Waals surface area contributed by atoms with E-state index in [4.69, 9.17) is 0 Å². The predicted molar refractivity (Wildman–Crippen MR) is 87.0 cm³/mol. The van der Waals surface area contributed by atoms with Gasteiger partial charge in [0.2, 0.25) is 0 Å². The van der Waals surface area contributed by atoms with Crippen LogP contribution in [0.4, 0.5) is 0 Å². The first kappa shape index (κ1) is 14.5. The molecular weight excluding hydrogens is 370 g/mol. The van der Waals surface area contributed by atoms with E-state index in [-0.39, 0.29) is 11.9 Å². The van der Waals surface area contributed by atoms with Crippen molar-refractivity contribution in [3.63, 3.8) is 0 Å². The lowest BCUT2D eigenvalue weighted by Gasteiger charge is -2.14. The van der Waals surface area contributed by atoms with Crippen molar-refractivity contribution in [2.45, 2.75) is 19.4 Å². The molecule has 0 fully saturated rings. The lowest BCUT2D eigenvalue weighted by Crippen LogP contribution is -2.35. The van der Waals surface area contributed by atoms with Gasteiger partial charge in [-0.2, -0.15) is 0 Å². The summed E-state index contributed by atoms with van der Waals surface area (Å²) in [6, 6.07) is 12.0. The maximum Gasteiger partial charge on any atom is 0.251 e. The van der Waals surface area contributed by atoms with Crippen LogP contribution in [0.25, 0.3) is 10.8 Å². The molecule has 1 atom stereocenters. The summed E-state index contributed by atoms with van der Waals surface area (Å²) in [6.07, 6.45) is 0.914. The molecular formula is C15H15Br2NO. The molecule has 0 heterocycles. The third kappa shape index (κ3) is 3.57. The van der Waals surface area contributed by atoms with E-state index in [1.165, 1.54) is 0 Å². The van der Waals surface area contributed by atoms with Gasteiger partial charge in [-0.1, -0.05) is 50.9 Å². The number of benzene rings is 2. The van der Waals surface area contributed by atoms with Crippen molar-refractivity contribution in [3.05, 3.63) is 46.4 Å². The molecule has 0 saturated carbocycles. The molecule has 2 nitrogen and oxygen atoms in total. The van der Waals surface area contributed by atoms with Gasteiger partial charge in [0.05, 0.1) is 0 Å². The fourth-order valence-corrected chi connectivity index (χ4v) is 2.87. The van der Waals surface area contributed by atoms with Gasteiger partial charge in [-0.15, -0.1) is 0 Å². The normalized spacial score (nSPS) is 12.4. The second-order valence-corrected chi connectivity index (χ2v) is 6.00. The van der Waals surface area contributed by atoms with Gasteiger partial charge in [-0.25, -0.2) is 0 Å². The van der Waals surface area contributed by atoms with E-state index >= 15 is 0 Å². The first-order valence-corrected chi connectivity index (χ1v) is 8.11. The van der Waals surface area contributed by atoms with E-state index < -0.39 is 0 Å². The Morgan fingerprint density at radius 3 is 2.58 bits per heavy atom. The first-order chi connectivity index (χ1) is 9.13. The second kappa shape index (κ2) is 6.53. The van der Waals surface area contributed by atoms with Crippen LogP contribution in [0.1, 0.15) is 23.7 Å². The Bertz CT molecular complexity index is 594. The number of hydrogen-bond donors (Lipinski definition) is 1. The molecule has 19 heavy (non-hydrogen) atoms. The smallest absolute Gasteiger partial charge is 0.251 e. The number of fused-ring (bicyclic) bond motifs is 1. The standard InChI is InChI=1S/C15H15Br2NO/c1-2-14(9-16)18-15(19)12-4-3-11-8-13(17)6-5-10(11)7-12/h3-8,14H,2,9H2,1H3,(H,18,19). The van der Waals surface area contributed by atoms with Crippen LogP contribution in [0.3, 0.4) is 0 Å². The number of halogens is 2. The summed E-state index contributed by atoms with van der Waals surface area (Å²) in [4.78, 5) is 12.1. The van der Waals surface area contributed by atoms with Gasteiger partial charge in [0.15, 0.2) is 0 Å². The van der Waals surface area contributed by atoms with Gasteiger partial charge in [0, 0.05) is 21.4 Å². The number of hydrogen-bond acceptors (Lipinski definition) is 1. The summed E-state index contributed by atoms with van der Waals surface area (Å²) in [5.74, 6) is -0.0175. The molecule has 1 amide bonds. The monoisotopic (exact) mass is 383 g/mol. The summed E-state index contributed by atoms with van der Waals surface area (Å²) < 4.78 is 1.04. The van der Waals surface area contributed by atoms with Crippen molar-refractivity contribution in [2.24, 2.45) is 0 Å². The van der Waals surface area contributed by atoms with Crippen molar-refractivity contribution in [3.8, 4) is 0 Å². The molecule has 0 saturated heterocycles. The van der Waals surface area contributed by atoms with Crippen LogP contribution in [0.5, 0.6) is 0 Å². The molecule has 0 aliphatic carbocycles. The van der Waals surface area contributed by atoms with E-state index in [9.17, 15) is 4.79 Å². The largest absolute Gasteiger partial charge is 0.348 e. The SMILES string of the molecule is CCC(CBr)NC(=O)c1ccc2cc(Br)ccc2c1. The maximum absolute atomic E-state index is 12.1. The lowest BCUT2D eigenvalue weighted by atomic mass is 10.1. The minimum absolute atomic E-state index is 0.0175. The predicted octanol–water partition coefficient (Wildman–Crippen LogP) is 4.51. The average Bonchev–Trinajstić information content (AvgIpc) is 2.43. The Morgan fingerprint density at radius 1 is 1.21 bits per heavy atom. The van der Waals surface area contributed by atoms with Crippen LogP contribution < -0.4 is 5.32 Å². The van der Waals surface area contributed by atoms with Crippen LogP contribution in [0.15, 0.2) is 40.9 Å². The maximum atomic E-state index is 12.1.